The monoisotopic (exact) mass is 247 g/mol. The summed E-state index contributed by atoms with van der Waals surface area (Å²) in [6, 6.07) is 5.64. The van der Waals surface area contributed by atoms with E-state index in [9.17, 15) is 0 Å². The number of methoxy groups -OCH3 is 1. The molecule has 0 aliphatic heterocycles. The number of rotatable bonds is 5. The third kappa shape index (κ3) is 2.58. The minimum absolute atomic E-state index is 0.100. The molecule has 2 atom stereocenters. The van der Waals surface area contributed by atoms with Crippen LogP contribution in [0.25, 0.3) is 0 Å². The van der Waals surface area contributed by atoms with E-state index in [1.165, 1.54) is 6.42 Å². The lowest BCUT2D eigenvalue weighted by molar-refractivity contribution is 0.415. The second kappa shape index (κ2) is 4.88. The Hall–Kier alpha value is -1.71. The molecule has 0 bridgehead atoms. The van der Waals surface area contributed by atoms with E-state index in [0.717, 1.165) is 35.4 Å². The molecule has 1 aromatic carbocycles. The third-order valence-electron chi connectivity index (χ3n) is 3.69. The first-order valence-electron chi connectivity index (χ1n) is 6.26. The molecule has 0 saturated heterocycles. The Labute approximate surface area is 108 Å². The fraction of sp³-hybridized carbons (Fsp3) is 0.500. The average Bonchev–Trinajstić information content (AvgIpc) is 3.03. The maximum absolute atomic E-state index is 7.65. The van der Waals surface area contributed by atoms with Crippen LogP contribution in [0.15, 0.2) is 18.2 Å². The number of anilines is 1. The van der Waals surface area contributed by atoms with Crippen molar-refractivity contribution < 1.29 is 4.74 Å². The predicted molar refractivity (Wildman–Crippen MR) is 74.6 cm³/mol. The molecule has 4 heteroatoms. The highest BCUT2D eigenvalue weighted by Crippen LogP contribution is 2.39. The number of nitrogens with one attached hydrogen (secondary N) is 1. The highest BCUT2D eigenvalue weighted by molar-refractivity contribution is 6.00. The molecule has 98 valence electrons. The predicted octanol–water partition coefficient (Wildman–Crippen LogP) is 2.07. The summed E-state index contributed by atoms with van der Waals surface area (Å²) >= 11 is 0. The fourth-order valence-corrected chi connectivity index (χ4v) is 2.29. The molecule has 1 aliphatic carbocycles. The zero-order valence-corrected chi connectivity index (χ0v) is 11.2. The van der Waals surface area contributed by atoms with E-state index < -0.39 is 0 Å². The van der Waals surface area contributed by atoms with Crippen molar-refractivity contribution in [2.75, 3.05) is 25.6 Å². The highest BCUT2D eigenvalue weighted by Gasteiger charge is 2.33. The van der Waals surface area contributed by atoms with Crippen LogP contribution in [-0.2, 0) is 0 Å². The highest BCUT2D eigenvalue weighted by atomic mass is 16.5. The Kier molecular flexibility index (Phi) is 3.45. The number of hydrogen-bond acceptors (Lipinski definition) is 3. The van der Waals surface area contributed by atoms with Crippen molar-refractivity contribution in [1.29, 1.82) is 5.41 Å². The molecule has 0 aromatic heterocycles. The molecule has 1 saturated carbocycles. The SMILES string of the molecule is COc1ccc(C(=N)N)c(N(C)CC2CC2C)c1. The summed E-state index contributed by atoms with van der Waals surface area (Å²) in [6.45, 7) is 3.28. The molecule has 3 N–H and O–H groups in total. The molecule has 0 heterocycles. The van der Waals surface area contributed by atoms with Crippen molar-refractivity contribution in [1.82, 2.24) is 0 Å². The minimum Gasteiger partial charge on any atom is -0.497 e. The van der Waals surface area contributed by atoms with Crippen molar-refractivity contribution in [2.24, 2.45) is 17.6 Å². The number of ether oxygens (including phenoxy) is 1. The van der Waals surface area contributed by atoms with E-state index in [4.69, 9.17) is 15.9 Å². The first kappa shape index (κ1) is 12.7. The van der Waals surface area contributed by atoms with Gasteiger partial charge in [-0.1, -0.05) is 6.92 Å². The Bertz CT molecular complexity index is 458. The average molecular weight is 247 g/mol. The maximum atomic E-state index is 7.65. The van der Waals surface area contributed by atoms with Crippen molar-refractivity contribution >= 4 is 11.5 Å². The lowest BCUT2D eigenvalue weighted by Gasteiger charge is -2.23. The van der Waals surface area contributed by atoms with Gasteiger partial charge in [0.1, 0.15) is 11.6 Å². The van der Waals surface area contributed by atoms with Crippen molar-refractivity contribution in [3.05, 3.63) is 23.8 Å². The number of benzene rings is 1. The second-order valence-electron chi connectivity index (χ2n) is 5.15. The van der Waals surface area contributed by atoms with Crippen LogP contribution >= 0.6 is 0 Å². The van der Waals surface area contributed by atoms with E-state index in [-0.39, 0.29) is 5.84 Å². The Balaban J connectivity index is 2.24. The van der Waals surface area contributed by atoms with Gasteiger partial charge in [0.25, 0.3) is 0 Å². The lowest BCUT2D eigenvalue weighted by atomic mass is 10.1. The van der Waals surface area contributed by atoms with E-state index >= 15 is 0 Å². The molecule has 0 radical (unpaired) electrons. The van der Waals surface area contributed by atoms with Crippen LogP contribution in [0.2, 0.25) is 0 Å². The minimum atomic E-state index is 0.100. The number of nitrogen functional groups attached to an aromatic ring is 1. The zero-order valence-electron chi connectivity index (χ0n) is 11.2. The van der Waals surface area contributed by atoms with Gasteiger partial charge < -0.3 is 15.4 Å². The molecular formula is C14H21N3O. The quantitative estimate of drug-likeness (QED) is 0.618. The summed E-state index contributed by atoms with van der Waals surface area (Å²) in [6.07, 6.45) is 1.30. The maximum Gasteiger partial charge on any atom is 0.124 e. The number of nitrogens with two attached hydrogens (primary N) is 1. The standard InChI is InChI=1S/C14H21N3O/c1-9-6-10(9)8-17(2)13-7-11(18-3)4-5-12(13)14(15)16/h4-5,7,9-10H,6,8H2,1-3H3,(H3,15,16). The topological polar surface area (TPSA) is 62.3 Å². The lowest BCUT2D eigenvalue weighted by Crippen LogP contribution is -2.24. The zero-order chi connectivity index (χ0) is 13.3. The Morgan fingerprint density at radius 2 is 2.22 bits per heavy atom. The second-order valence-corrected chi connectivity index (χ2v) is 5.15. The van der Waals surface area contributed by atoms with E-state index in [1.54, 1.807) is 7.11 Å². The molecule has 1 fully saturated rings. The van der Waals surface area contributed by atoms with Gasteiger partial charge in [-0.25, -0.2) is 0 Å². The summed E-state index contributed by atoms with van der Waals surface area (Å²) in [7, 11) is 3.70. The normalized spacial score (nSPS) is 21.5. The number of nitrogens with zero attached hydrogens (tertiary/aromatic N) is 1. The van der Waals surface area contributed by atoms with Crippen LogP contribution in [0, 0.1) is 17.2 Å². The Morgan fingerprint density at radius 3 is 2.72 bits per heavy atom. The molecule has 1 aromatic rings. The molecule has 18 heavy (non-hydrogen) atoms. The van der Waals surface area contributed by atoms with E-state index in [0.29, 0.717) is 0 Å². The number of amidine groups is 1. The molecule has 4 nitrogen and oxygen atoms in total. The summed E-state index contributed by atoms with van der Waals surface area (Å²) < 4.78 is 5.24. The van der Waals surface area contributed by atoms with Gasteiger partial charge in [-0.05, 0) is 30.4 Å². The van der Waals surface area contributed by atoms with Gasteiger partial charge >= 0.3 is 0 Å². The third-order valence-corrected chi connectivity index (χ3v) is 3.69. The van der Waals surface area contributed by atoms with Crippen LogP contribution in [0.5, 0.6) is 5.75 Å². The van der Waals surface area contributed by atoms with Crippen molar-refractivity contribution in [2.45, 2.75) is 13.3 Å². The number of hydrogen-bond donors (Lipinski definition) is 2. The van der Waals surface area contributed by atoms with Gasteiger partial charge in [-0.15, -0.1) is 0 Å². The smallest absolute Gasteiger partial charge is 0.124 e. The summed E-state index contributed by atoms with van der Waals surface area (Å²) in [5.41, 5.74) is 7.38. The van der Waals surface area contributed by atoms with Gasteiger partial charge in [0, 0.05) is 25.2 Å². The van der Waals surface area contributed by atoms with E-state index in [2.05, 4.69) is 11.8 Å². The van der Waals surface area contributed by atoms with Gasteiger partial charge in [-0.3, -0.25) is 5.41 Å². The van der Waals surface area contributed by atoms with Gasteiger partial charge in [-0.2, -0.15) is 0 Å². The molecule has 2 unspecified atom stereocenters. The molecule has 1 aliphatic rings. The van der Waals surface area contributed by atoms with Crippen LogP contribution in [0.4, 0.5) is 5.69 Å². The van der Waals surface area contributed by atoms with Crippen LogP contribution in [0.3, 0.4) is 0 Å². The van der Waals surface area contributed by atoms with Crippen molar-refractivity contribution in [3.8, 4) is 5.75 Å². The van der Waals surface area contributed by atoms with Crippen LogP contribution in [-0.4, -0.2) is 26.5 Å². The van der Waals surface area contributed by atoms with Gasteiger partial charge in [0.15, 0.2) is 0 Å². The van der Waals surface area contributed by atoms with Gasteiger partial charge in [0.2, 0.25) is 0 Å². The van der Waals surface area contributed by atoms with Crippen molar-refractivity contribution in [3.63, 3.8) is 0 Å². The first-order chi connectivity index (χ1) is 8.52. The van der Waals surface area contributed by atoms with E-state index in [1.807, 2.05) is 25.2 Å². The summed E-state index contributed by atoms with van der Waals surface area (Å²) in [5.74, 6) is 2.48. The van der Waals surface area contributed by atoms with Crippen LogP contribution < -0.4 is 15.4 Å². The molecule has 0 spiro atoms. The fourth-order valence-electron chi connectivity index (χ4n) is 2.29. The molecule has 0 amide bonds. The molecular weight excluding hydrogens is 226 g/mol. The summed E-state index contributed by atoms with van der Waals surface area (Å²) in [5, 5.41) is 7.65. The summed E-state index contributed by atoms with van der Waals surface area (Å²) in [4.78, 5) is 2.17. The van der Waals surface area contributed by atoms with Crippen LogP contribution in [0.1, 0.15) is 18.9 Å². The largest absolute Gasteiger partial charge is 0.497 e. The Morgan fingerprint density at radius 1 is 1.56 bits per heavy atom. The first-order valence-corrected chi connectivity index (χ1v) is 6.26. The van der Waals surface area contributed by atoms with Gasteiger partial charge in [0.05, 0.1) is 12.8 Å². The molecule has 2 rings (SSSR count).